The molecule has 8 heteroatoms. The fourth-order valence-electron chi connectivity index (χ4n) is 2.24. The third kappa shape index (κ3) is 5.67. The van der Waals surface area contributed by atoms with Crippen LogP contribution < -0.4 is 9.46 Å². The van der Waals surface area contributed by atoms with E-state index < -0.39 is 25.5 Å². The van der Waals surface area contributed by atoms with Crippen molar-refractivity contribution in [1.82, 2.24) is 4.72 Å². The molecule has 1 N–H and O–H groups in total. The summed E-state index contributed by atoms with van der Waals surface area (Å²) >= 11 is 0. The highest BCUT2D eigenvalue weighted by Gasteiger charge is 2.24. The van der Waals surface area contributed by atoms with Gasteiger partial charge in [-0.25, -0.2) is 8.42 Å². The molecule has 0 bridgehead atoms. The van der Waals surface area contributed by atoms with Gasteiger partial charge in [-0.05, 0) is 24.1 Å². The van der Waals surface area contributed by atoms with Gasteiger partial charge in [-0.15, -0.1) is 6.58 Å². The second-order valence-electron chi connectivity index (χ2n) is 5.29. The monoisotopic (exact) mass is 386 g/mol. The van der Waals surface area contributed by atoms with Crippen molar-refractivity contribution >= 4 is 15.7 Å². The predicted octanol–water partition coefficient (Wildman–Crippen LogP) is 2.68. The van der Waals surface area contributed by atoms with E-state index in [0.29, 0.717) is 12.2 Å². The zero-order chi connectivity index (χ0) is 19.7. The molecule has 0 aliphatic heterocycles. The molecule has 0 atom stereocenters. The molecule has 27 heavy (non-hydrogen) atoms. The van der Waals surface area contributed by atoms with Crippen molar-refractivity contribution in [2.45, 2.75) is 11.3 Å². The Balaban J connectivity index is 1.94. The molecule has 2 aromatic rings. The van der Waals surface area contributed by atoms with Crippen LogP contribution in [0.1, 0.15) is 5.56 Å². The van der Waals surface area contributed by atoms with Gasteiger partial charge in [0, 0.05) is 6.07 Å². The molecule has 0 fully saturated rings. The van der Waals surface area contributed by atoms with Crippen LogP contribution in [0, 0.1) is 22.0 Å². The summed E-state index contributed by atoms with van der Waals surface area (Å²) in [7, 11) is -4.04. The van der Waals surface area contributed by atoms with Gasteiger partial charge in [-0.3, -0.25) is 10.1 Å². The second kappa shape index (κ2) is 9.52. The zero-order valence-corrected chi connectivity index (χ0v) is 15.2. The molecule has 140 valence electrons. The number of hydrogen-bond donors (Lipinski definition) is 1. The number of hydrogen-bond acceptors (Lipinski definition) is 5. The average molecular weight is 386 g/mol. The predicted molar refractivity (Wildman–Crippen MR) is 102 cm³/mol. The molecule has 0 aliphatic rings. The van der Waals surface area contributed by atoms with Gasteiger partial charge in [-0.2, -0.15) is 4.72 Å². The molecule has 0 amide bonds. The molecule has 0 saturated heterocycles. The zero-order valence-electron chi connectivity index (χ0n) is 14.4. The topological polar surface area (TPSA) is 98.5 Å². The SMILES string of the molecule is C=CCc1ccccc1OCC#CCNS(=O)(=O)c1ccccc1[N+](=O)[O-]. The summed E-state index contributed by atoms with van der Waals surface area (Å²) in [5.74, 6) is 6.02. The molecule has 0 aliphatic carbocycles. The first kappa shape index (κ1) is 20.2. The summed E-state index contributed by atoms with van der Waals surface area (Å²) in [6.45, 7) is 3.59. The van der Waals surface area contributed by atoms with E-state index in [1.54, 1.807) is 6.08 Å². The van der Waals surface area contributed by atoms with Crippen molar-refractivity contribution < 1.29 is 18.1 Å². The standard InChI is InChI=1S/C19H18N2O5S/c1-2-9-16-10-3-5-12-18(16)26-15-8-7-14-20-27(24,25)19-13-6-4-11-17(19)21(22)23/h2-6,10-13,20H,1,9,14-15H2. The Morgan fingerprint density at radius 3 is 2.59 bits per heavy atom. The van der Waals surface area contributed by atoms with E-state index in [9.17, 15) is 18.5 Å². The number of nitrogens with zero attached hydrogens (tertiary/aromatic N) is 1. The highest BCUT2D eigenvalue weighted by molar-refractivity contribution is 7.89. The van der Waals surface area contributed by atoms with Crippen molar-refractivity contribution in [3.8, 4) is 17.6 Å². The minimum absolute atomic E-state index is 0.0847. The molecule has 0 radical (unpaired) electrons. The fraction of sp³-hybridized carbons (Fsp3) is 0.158. The van der Waals surface area contributed by atoms with Crippen molar-refractivity contribution in [2.24, 2.45) is 0 Å². The first-order chi connectivity index (χ1) is 13.0. The molecule has 0 saturated carbocycles. The number of benzene rings is 2. The molecule has 7 nitrogen and oxygen atoms in total. The lowest BCUT2D eigenvalue weighted by Crippen LogP contribution is -2.24. The number of nitrogens with one attached hydrogen (secondary N) is 1. The van der Waals surface area contributed by atoms with Crippen LogP contribution in [0.4, 0.5) is 5.69 Å². The van der Waals surface area contributed by atoms with Gasteiger partial charge in [0.1, 0.15) is 12.4 Å². The van der Waals surface area contributed by atoms with Gasteiger partial charge in [0.25, 0.3) is 5.69 Å². The third-order valence-electron chi connectivity index (χ3n) is 3.46. The number of nitro groups is 1. The largest absolute Gasteiger partial charge is 0.481 e. The number of allylic oxidation sites excluding steroid dienone is 1. The number of nitro benzene ring substituents is 1. The molecule has 0 unspecified atom stereocenters. The van der Waals surface area contributed by atoms with Gasteiger partial charge < -0.3 is 4.74 Å². The molecule has 0 heterocycles. The maximum Gasteiger partial charge on any atom is 0.289 e. The molecular weight excluding hydrogens is 368 g/mol. The number of rotatable bonds is 8. The van der Waals surface area contributed by atoms with E-state index >= 15 is 0 Å². The Morgan fingerprint density at radius 1 is 1.15 bits per heavy atom. The summed E-state index contributed by atoms with van der Waals surface area (Å²) in [5, 5.41) is 11.0. The van der Waals surface area contributed by atoms with Gasteiger partial charge in [-0.1, -0.05) is 48.2 Å². The summed E-state index contributed by atoms with van der Waals surface area (Å²) in [6.07, 6.45) is 2.44. The summed E-state index contributed by atoms with van der Waals surface area (Å²) < 4.78 is 32.2. The van der Waals surface area contributed by atoms with Gasteiger partial charge in [0.2, 0.25) is 10.0 Å². The molecular formula is C19H18N2O5S. The van der Waals surface area contributed by atoms with E-state index in [2.05, 4.69) is 23.1 Å². The van der Waals surface area contributed by atoms with Crippen LogP contribution in [0.25, 0.3) is 0 Å². The lowest BCUT2D eigenvalue weighted by atomic mass is 10.1. The maximum absolute atomic E-state index is 12.2. The van der Waals surface area contributed by atoms with Crippen LogP contribution in [-0.2, 0) is 16.4 Å². The van der Waals surface area contributed by atoms with Crippen molar-refractivity contribution in [3.63, 3.8) is 0 Å². The third-order valence-corrected chi connectivity index (χ3v) is 4.91. The van der Waals surface area contributed by atoms with Crippen LogP contribution in [0.2, 0.25) is 0 Å². The van der Waals surface area contributed by atoms with Crippen molar-refractivity contribution in [1.29, 1.82) is 0 Å². The van der Waals surface area contributed by atoms with E-state index in [0.717, 1.165) is 11.6 Å². The Hall–Kier alpha value is -3.15. The van der Waals surface area contributed by atoms with Crippen molar-refractivity contribution in [3.05, 3.63) is 76.9 Å². The molecule has 2 aromatic carbocycles. The van der Waals surface area contributed by atoms with Gasteiger partial charge in [0.15, 0.2) is 4.90 Å². The minimum atomic E-state index is -4.04. The average Bonchev–Trinajstić information content (AvgIpc) is 2.66. The van der Waals surface area contributed by atoms with Crippen LogP contribution in [-0.4, -0.2) is 26.5 Å². The number of ether oxygens (including phenoxy) is 1. The Kier molecular flexibility index (Phi) is 7.11. The van der Waals surface area contributed by atoms with Gasteiger partial charge in [0.05, 0.1) is 11.5 Å². The Bertz CT molecular complexity index is 990. The number of para-hydroxylation sites is 2. The lowest BCUT2D eigenvalue weighted by molar-refractivity contribution is -0.387. The van der Waals surface area contributed by atoms with Gasteiger partial charge >= 0.3 is 0 Å². The Morgan fingerprint density at radius 2 is 1.85 bits per heavy atom. The van der Waals surface area contributed by atoms with Crippen LogP contribution in [0.15, 0.2) is 66.1 Å². The molecule has 0 spiro atoms. The lowest BCUT2D eigenvalue weighted by Gasteiger charge is -2.07. The normalized spacial score (nSPS) is 10.5. The summed E-state index contributed by atoms with van der Waals surface area (Å²) in [5.41, 5.74) is 0.492. The number of sulfonamides is 1. The second-order valence-corrected chi connectivity index (χ2v) is 7.03. The van der Waals surface area contributed by atoms with Crippen LogP contribution in [0.3, 0.4) is 0 Å². The quantitative estimate of drug-likeness (QED) is 0.325. The van der Waals surface area contributed by atoms with Crippen molar-refractivity contribution in [2.75, 3.05) is 13.2 Å². The highest BCUT2D eigenvalue weighted by Crippen LogP contribution is 2.22. The minimum Gasteiger partial charge on any atom is -0.481 e. The van der Waals surface area contributed by atoms with Crippen LogP contribution >= 0.6 is 0 Å². The van der Waals surface area contributed by atoms with Crippen LogP contribution in [0.5, 0.6) is 5.75 Å². The first-order valence-electron chi connectivity index (χ1n) is 7.96. The molecule has 0 aromatic heterocycles. The summed E-state index contributed by atoms with van der Waals surface area (Å²) in [6, 6.07) is 12.6. The van der Waals surface area contributed by atoms with E-state index in [-0.39, 0.29) is 13.2 Å². The maximum atomic E-state index is 12.2. The van der Waals surface area contributed by atoms with E-state index in [4.69, 9.17) is 4.74 Å². The Labute approximate surface area is 157 Å². The highest BCUT2D eigenvalue weighted by atomic mass is 32.2. The summed E-state index contributed by atoms with van der Waals surface area (Å²) in [4.78, 5) is 9.82. The smallest absolute Gasteiger partial charge is 0.289 e. The fourth-order valence-corrected chi connectivity index (χ4v) is 3.33. The first-order valence-corrected chi connectivity index (χ1v) is 9.44. The van der Waals surface area contributed by atoms with E-state index in [1.165, 1.54) is 18.2 Å². The molecule has 2 rings (SSSR count). The van der Waals surface area contributed by atoms with E-state index in [1.807, 2.05) is 24.3 Å².